The Balaban J connectivity index is 1.77. The van der Waals surface area contributed by atoms with E-state index in [9.17, 15) is 14.4 Å². The molecule has 2 saturated heterocycles. The van der Waals surface area contributed by atoms with Crippen LogP contribution in [0.2, 0.25) is 0 Å². The molecule has 0 unspecified atom stereocenters. The van der Waals surface area contributed by atoms with Crippen LogP contribution in [0.25, 0.3) is 0 Å². The van der Waals surface area contributed by atoms with Gasteiger partial charge in [0.25, 0.3) is 5.91 Å². The van der Waals surface area contributed by atoms with Gasteiger partial charge in [-0.15, -0.1) is 0 Å². The van der Waals surface area contributed by atoms with Crippen LogP contribution in [0.4, 0.5) is 4.79 Å². The van der Waals surface area contributed by atoms with Crippen LogP contribution in [0.3, 0.4) is 0 Å². The zero-order valence-corrected chi connectivity index (χ0v) is 14.4. The summed E-state index contributed by atoms with van der Waals surface area (Å²) in [5.41, 5.74) is 7.21. The Labute approximate surface area is 147 Å². The van der Waals surface area contributed by atoms with Gasteiger partial charge in [0.05, 0.1) is 13.1 Å². The van der Waals surface area contributed by atoms with Gasteiger partial charge in [0.15, 0.2) is 0 Å². The molecule has 0 aromatic heterocycles. The van der Waals surface area contributed by atoms with Crippen molar-refractivity contribution in [2.75, 3.05) is 19.6 Å². The van der Waals surface area contributed by atoms with E-state index in [1.165, 1.54) is 0 Å². The first-order valence-corrected chi connectivity index (χ1v) is 8.69. The first-order chi connectivity index (χ1) is 12.0. The van der Waals surface area contributed by atoms with E-state index in [0.29, 0.717) is 24.6 Å². The highest BCUT2D eigenvalue weighted by molar-refractivity contribution is 6.02. The number of likely N-dealkylation sites (tertiary alicyclic amines) is 1. The minimum atomic E-state index is -0.394. The maximum Gasteiger partial charge on any atom is 0.324 e. The van der Waals surface area contributed by atoms with Crippen LogP contribution < -0.4 is 11.1 Å². The second-order valence-corrected chi connectivity index (χ2v) is 6.76. The molecule has 0 saturated carbocycles. The Hall–Kier alpha value is -2.41. The van der Waals surface area contributed by atoms with Crippen LogP contribution >= 0.6 is 0 Å². The summed E-state index contributed by atoms with van der Waals surface area (Å²) in [4.78, 5) is 39.4. The summed E-state index contributed by atoms with van der Waals surface area (Å²) in [7, 11) is 0. The van der Waals surface area contributed by atoms with E-state index in [-0.39, 0.29) is 30.9 Å². The summed E-state index contributed by atoms with van der Waals surface area (Å²) in [6.07, 6.45) is 2.06. The molecule has 7 nitrogen and oxygen atoms in total. The Morgan fingerprint density at radius 2 is 2.16 bits per heavy atom. The molecule has 7 heteroatoms. The number of nitrogens with two attached hydrogens (primary N) is 1. The molecule has 25 heavy (non-hydrogen) atoms. The summed E-state index contributed by atoms with van der Waals surface area (Å²) in [5.74, 6) is 0.0904. The van der Waals surface area contributed by atoms with Gasteiger partial charge in [-0.1, -0.05) is 19.1 Å². The van der Waals surface area contributed by atoms with Gasteiger partial charge in [-0.25, -0.2) is 4.79 Å². The average molecular weight is 344 g/mol. The van der Waals surface area contributed by atoms with Crippen LogP contribution in [0.15, 0.2) is 24.3 Å². The molecule has 1 aromatic rings. The molecule has 0 aliphatic carbocycles. The number of amides is 4. The molecule has 4 amide bonds. The molecule has 3 N–H and O–H groups in total. The van der Waals surface area contributed by atoms with Crippen molar-refractivity contribution in [1.29, 1.82) is 0 Å². The Morgan fingerprint density at radius 1 is 1.36 bits per heavy atom. The standard InChI is InChI=1S/C18H24N4O3/c1-12-4-3-7-21(15(12)9-19)17(24)14-6-2-5-13(8-14)11-22-16(23)10-20-18(22)25/h2,5-6,8,12,15H,3-4,7,9-11,19H2,1H3,(H,20,25)/t12-,15+/m0/s1. The second-order valence-electron chi connectivity index (χ2n) is 6.76. The van der Waals surface area contributed by atoms with Gasteiger partial charge in [-0.2, -0.15) is 0 Å². The van der Waals surface area contributed by atoms with Gasteiger partial charge >= 0.3 is 6.03 Å². The lowest BCUT2D eigenvalue weighted by molar-refractivity contribution is -0.125. The van der Waals surface area contributed by atoms with E-state index in [0.717, 1.165) is 23.3 Å². The number of carbonyl (C=O) groups excluding carboxylic acids is 3. The highest BCUT2D eigenvalue weighted by Crippen LogP contribution is 2.24. The van der Waals surface area contributed by atoms with Crippen LogP contribution in [-0.4, -0.2) is 53.3 Å². The molecule has 2 atom stereocenters. The van der Waals surface area contributed by atoms with E-state index in [1.54, 1.807) is 18.2 Å². The first kappa shape index (κ1) is 17.4. The molecule has 2 aliphatic rings. The maximum atomic E-state index is 12.9. The molecule has 2 fully saturated rings. The zero-order chi connectivity index (χ0) is 18.0. The zero-order valence-electron chi connectivity index (χ0n) is 14.4. The molecule has 1 aromatic carbocycles. The maximum absolute atomic E-state index is 12.9. The van der Waals surface area contributed by atoms with E-state index >= 15 is 0 Å². The lowest BCUT2D eigenvalue weighted by atomic mass is 9.90. The predicted octanol–water partition coefficient (Wildman–Crippen LogP) is 0.938. The monoisotopic (exact) mass is 344 g/mol. The summed E-state index contributed by atoms with van der Waals surface area (Å²) < 4.78 is 0. The molecular weight excluding hydrogens is 320 g/mol. The molecule has 0 radical (unpaired) electrons. The fraction of sp³-hybridized carbons (Fsp3) is 0.500. The number of hydrogen-bond acceptors (Lipinski definition) is 4. The van der Waals surface area contributed by atoms with Crippen molar-refractivity contribution < 1.29 is 14.4 Å². The minimum absolute atomic E-state index is 0.0291. The van der Waals surface area contributed by atoms with Crippen molar-refractivity contribution >= 4 is 17.8 Å². The Bertz CT molecular complexity index is 675. The summed E-state index contributed by atoms with van der Waals surface area (Å²) >= 11 is 0. The van der Waals surface area contributed by atoms with Crippen molar-refractivity contribution in [3.63, 3.8) is 0 Å². The Morgan fingerprint density at radius 3 is 2.84 bits per heavy atom. The molecule has 3 rings (SSSR count). The van der Waals surface area contributed by atoms with Crippen molar-refractivity contribution in [3.8, 4) is 0 Å². The van der Waals surface area contributed by atoms with Crippen LogP contribution in [-0.2, 0) is 11.3 Å². The highest BCUT2D eigenvalue weighted by Gasteiger charge is 2.32. The molecule has 134 valence electrons. The number of imide groups is 1. The third-order valence-electron chi connectivity index (χ3n) is 5.07. The number of benzene rings is 1. The molecule has 2 heterocycles. The summed E-state index contributed by atoms with van der Waals surface area (Å²) in [6, 6.07) is 6.78. The molecule has 0 bridgehead atoms. The number of nitrogens with one attached hydrogen (secondary N) is 1. The lowest BCUT2D eigenvalue weighted by Gasteiger charge is -2.39. The largest absolute Gasteiger partial charge is 0.334 e. The quantitative estimate of drug-likeness (QED) is 0.795. The van der Waals surface area contributed by atoms with Crippen LogP contribution in [0.5, 0.6) is 0 Å². The van der Waals surface area contributed by atoms with E-state index < -0.39 is 6.03 Å². The van der Waals surface area contributed by atoms with Crippen LogP contribution in [0, 0.1) is 5.92 Å². The van der Waals surface area contributed by atoms with Crippen LogP contribution in [0.1, 0.15) is 35.7 Å². The summed E-state index contributed by atoms with van der Waals surface area (Å²) in [6.45, 7) is 3.49. The highest BCUT2D eigenvalue weighted by atomic mass is 16.2. The van der Waals surface area contributed by atoms with E-state index in [4.69, 9.17) is 5.73 Å². The molecule has 0 spiro atoms. The number of carbonyl (C=O) groups is 3. The third kappa shape index (κ3) is 3.51. The minimum Gasteiger partial charge on any atom is -0.334 e. The number of urea groups is 1. The molecule has 2 aliphatic heterocycles. The average Bonchev–Trinajstić information content (AvgIpc) is 2.93. The van der Waals surface area contributed by atoms with Gasteiger partial charge in [-0.05, 0) is 36.5 Å². The number of hydrogen-bond donors (Lipinski definition) is 2. The predicted molar refractivity (Wildman–Crippen MR) is 92.7 cm³/mol. The normalized spacial score (nSPS) is 23.8. The van der Waals surface area contributed by atoms with Gasteiger partial charge in [0.2, 0.25) is 5.91 Å². The van der Waals surface area contributed by atoms with Gasteiger partial charge in [0, 0.05) is 24.7 Å². The smallest absolute Gasteiger partial charge is 0.324 e. The third-order valence-corrected chi connectivity index (χ3v) is 5.07. The topological polar surface area (TPSA) is 95.7 Å². The number of nitrogens with zero attached hydrogens (tertiary/aromatic N) is 2. The molecular formula is C18H24N4O3. The number of piperidine rings is 1. The van der Waals surface area contributed by atoms with Crippen molar-refractivity contribution in [2.24, 2.45) is 11.7 Å². The summed E-state index contributed by atoms with van der Waals surface area (Å²) in [5, 5.41) is 2.50. The lowest BCUT2D eigenvalue weighted by Crippen LogP contribution is -2.51. The van der Waals surface area contributed by atoms with Crippen molar-refractivity contribution in [1.82, 2.24) is 15.1 Å². The van der Waals surface area contributed by atoms with Crippen molar-refractivity contribution in [2.45, 2.75) is 32.4 Å². The fourth-order valence-electron chi connectivity index (χ4n) is 3.63. The van der Waals surface area contributed by atoms with Gasteiger partial charge in [-0.3, -0.25) is 14.5 Å². The number of rotatable bonds is 4. The second kappa shape index (κ2) is 7.23. The van der Waals surface area contributed by atoms with E-state index in [2.05, 4.69) is 12.2 Å². The SMILES string of the molecule is C[C@H]1CCCN(C(=O)c2cccc(CN3C(=O)CNC3=O)c2)[C@@H]1CN. The van der Waals surface area contributed by atoms with Gasteiger partial charge < -0.3 is 16.0 Å². The van der Waals surface area contributed by atoms with Gasteiger partial charge in [0.1, 0.15) is 0 Å². The van der Waals surface area contributed by atoms with Crippen molar-refractivity contribution in [3.05, 3.63) is 35.4 Å². The van der Waals surface area contributed by atoms with E-state index in [1.807, 2.05) is 11.0 Å². The Kier molecular flexibility index (Phi) is 5.03. The fourth-order valence-corrected chi connectivity index (χ4v) is 3.63. The first-order valence-electron chi connectivity index (χ1n) is 8.69.